The van der Waals surface area contributed by atoms with E-state index in [9.17, 15) is 0 Å². The van der Waals surface area contributed by atoms with Gasteiger partial charge in [-0.2, -0.15) is 0 Å². The van der Waals surface area contributed by atoms with Crippen LogP contribution in [-0.2, 0) is 0 Å². The topological polar surface area (TPSA) is 60.7 Å². The first-order valence-electron chi connectivity index (χ1n) is 5.58. The van der Waals surface area contributed by atoms with Crippen molar-refractivity contribution >= 4 is 0 Å². The van der Waals surface area contributed by atoms with Crippen LogP contribution in [0.15, 0.2) is 0 Å². The first kappa shape index (κ1) is 16.3. The van der Waals surface area contributed by atoms with Crippen molar-refractivity contribution in [3.8, 4) is 0 Å². The summed E-state index contributed by atoms with van der Waals surface area (Å²) >= 11 is 0. The van der Waals surface area contributed by atoms with E-state index in [-0.39, 0.29) is 6.61 Å². The van der Waals surface area contributed by atoms with E-state index in [2.05, 4.69) is 6.92 Å². The average molecular weight is 206 g/mol. The van der Waals surface area contributed by atoms with Crippen molar-refractivity contribution in [3.05, 3.63) is 0 Å². The van der Waals surface area contributed by atoms with Gasteiger partial charge in [0.05, 0.1) is 12.7 Å². The van der Waals surface area contributed by atoms with Crippen LogP contribution < -0.4 is 0 Å². The third-order valence-corrected chi connectivity index (χ3v) is 1.78. The highest BCUT2D eigenvalue weighted by Gasteiger charge is 1.86. The second kappa shape index (κ2) is 15.4. The number of rotatable bonds is 7. The largest absolute Gasteiger partial charge is 0.396 e. The van der Waals surface area contributed by atoms with E-state index < -0.39 is 6.10 Å². The SMILES string of the molecule is CC(O)CO.CCCCCCCCO. The Morgan fingerprint density at radius 3 is 1.71 bits per heavy atom. The molecule has 0 radical (unpaired) electrons. The molecule has 0 spiro atoms. The number of hydrogen-bond donors (Lipinski definition) is 3. The Labute approximate surface area is 87.8 Å². The Balaban J connectivity index is 0. The summed E-state index contributed by atoms with van der Waals surface area (Å²) in [6, 6.07) is 0. The zero-order valence-corrected chi connectivity index (χ0v) is 9.58. The van der Waals surface area contributed by atoms with Crippen molar-refractivity contribution < 1.29 is 15.3 Å². The lowest BCUT2D eigenvalue weighted by Crippen LogP contribution is -2.03. The molecule has 0 fully saturated rings. The molecule has 0 amide bonds. The normalized spacial score (nSPS) is 11.8. The number of hydrogen-bond acceptors (Lipinski definition) is 3. The molecule has 0 bridgehead atoms. The maximum atomic E-state index is 8.42. The predicted molar refractivity (Wildman–Crippen MR) is 59.2 cm³/mol. The quantitative estimate of drug-likeness (QED) is 0.556. The highest BCUT2D eigenvalue weighted by atomic mass is 16.3. The first-order chi connectivity index (χ1) is 6.68. The second-order valence-corrected chi connectivity index (χ2v) is 3.52. The van der Waals surface area contributed by atoms with Gasteiger partial charge < -0.3 is 15.3 Å². The van der Waals surface area contributed by atoms with Crippen LogP contribution in [-0.4, -0.2) is 34.6 Å². The molecule has 0 saturated heterocycles. The molecule has 0 aliphatic heterocycles. The summed E-state index contributed by atoms with van der Waals surface area (Å²) in [6.07, 6.45) is 6.94. The third-order valence-electron chi connectivity index (χ3n) is 1.78. The van der Waals surface area contributed by atoms with Gasteiger partial charge in [-0.15, -0.1) is 0 Å². The zero-order valence-electron chi connectivity index (χ0n) is 9.58. The van der Waals surface area contributed by atoms with Gasteiger partial charge in [-0.25, -0.2) is 0 Å². The van der Waals surface area contributed by atoms with Crippen LogP contribution in [0.2, 0.25) is 0 Å². The lowest BCUT2D eigenvalue weighted by molar-refractivity contribution is 0.110. The fraction of sp³-hybridized carbons (Fsp3) is 1.00. The molecular weight excluding hydrogens is 180 g/mol. The van der Waals surface area contributed by atoms with Gasteiger partial charge in [0.15, 0.2) is 0 Å². The summed E-state index contributed by atoms with van der Waals surface area (Å²) in [7, 11) is 0. The van der Waals surface area contributed by atoms with E-state index in [1.807, 2.05) is 0 Å². The minimum atomic E-state index is -0.560. The Bertz CT molecular complexity index is 78.6. The standard InChI is InChI=1S/C8H18O.C3H8O2/c1-2-3-4-5-6-7-8-9;1-3(5)2-4/h9H,2-8H2,1H3;3-5H,2H2,1H3. The maximum absolute atomic E-state index is 8.42. The first-order valence-corrected chi connectivity index (χ1v) is 5.58. The molecule has 3 heteroatoms. The van der Waals surface area contributed by atoms with Crippen LogP contribution in [0, 0.1) is 0 Å². The van der Waals surface area contributed by atoms with Gasteiger partial charge in [-0.3, -0.25) is 0 Å². The van der Waals surface area contributed by atoms with Gasteiger partial charge in [0.1, 0.15) is 0 Å². The number of aliphatic hydroxyl groups excluding tert-OH is 3. The van der Waals surface area contributed by atoms with Crippen molar-refractivity contribution in [1.82, 2.24) is 0 Å². The van der Waals surface area contributed by atoms with Crippen molar-refractivity contribution in [2.24, 2.45) is 0 Å². The van der Waals surface area contributed by atoms with Gasteiger partial charge in [0.25, 0.3) is 0 Å². The van der Waals surface area contributed by atoms with Crippen LogP contribution in [0.25, 0.3) is 0 Å². The van der Waals surface area contributed by atoms with Gasteiger partial charge in [0.2, 0.25) is 0 Å². The van der Waals surface area contributed by atoms with E-state index in [4.69, 9.17) is 15.3 Å². The minimum absolute atomic E-state index is 0.139. The van der Waals surface area contributed by atoms with E-state index >= 15 is 0 Å². The van der Waals surface area contributed by atoms with Crippen LogP contribution in [0.5, 0.6) is 0 Å². The molecule has 0 aliphatic rings. The molecule has 3 N–H and O–H groups in total. The zero-order chi connectivity index (χ0) is 11.2. The molecule has 0 aromatic heterocycles. The highest BCUT2D eigenvalue weighted by Crippen LogP contribution is 2.03. The monoisotopic (exact) mass is 206 g/mol. The summed E-state index contributed by atoms with van der Waals surface area (Å²) in [4.78, 5) is 0. The summed E-state index contributed by atoms with van der Waals surface area (Å²) in [5.74, 6) is 0. The van der Waals surface area contributed by atoms with Crippen LogP contribution in [0.4, 0.5) is 0 Å². The van der Waals surface area contributed by atoms with E-state index in [0.29, 0.717) is 6.61 Å². The van der Waals surface area contributed by atoms with E-state index in [0.717, 1.165) is 6.42 Å². The smallest absolute Gasteiger partial charge is 0.0742 e. The highest BCUT2D eigenvalue weighted by molar-refractivity contribution is 4.41. The molecule has 3 nitrogen and oxygen atoms in total. The molecule has 0 aromatic rings. The minimum Gasteiger partial charge on any atom is -0.396 e. The molecular formula is C11H26O3. The molecule has 14 heavy (non-hydrogen) atoms. The van der Waals surface area contributed by atoms with Crippen LogP contribution in [0.1, 0.15) is 52.4 Å². The Morgan fingerprint density at radius 2 is 1.36 bits per heavy atom. The Hall–Kier alpha value is -0.120. The lowest BCUT2D eigenvalue weighted by atomic mass is 10.1. The summed E-state index contributed by atoms with van der Waals surface area (Å²) in [5, 5.41) is 24.4. The van der Waals surface area contributed by atoms with Crippen molar-refractivity contribution in [2.75, 3.05) is 13.2 Å². The lowest BCUT2D eigenvalue weighted by Gasteiger charge is -1.95. The molecule has 88 valence electrons. The molecule has 1 atom stereocenters. The Morgan fingerprint density at radius 1 is 0.929 bits per heavy atom. The Kier molecular flexibility index (Phi) is 17.9. The predicted octanol–water partition coefficient (Wildman–Crippen LogP) is 1.70. The molecule has 0 heterocycles. The van der Waals surface area contributed by atoms with Gasteiger partial charge >= 0.3 is 0 Å². The third kappa shape index (κ3) is 22.6. The molecule has 1 unspecified atom stereocenters. The number of unbranched alkanes of at least 4 members (excludes halogenated alkanes) is 5. The molecule has 0 saturated carbocycles. The van der Waals surface area contributed by atoms with E-state index in [1.165, 1.54) is 39.0 Å². The average Bonchev–Trinajstić information content (AvgIpc) is 2.19. The van der Waals surface area contributed by atoms with Crippen molar-refractivity contribution in [1.29, 1.82) is 0 Å². The summed E-state index contributed by atoms with van der Waals surface area (Å²) < 4.78 is 0. The fourth-order valence-electron chi connectivity index (χ4n) is 0.892. The van der Waals surface area contributed by atoms with Crippen LogP contribution in [0.3, 0.4) is 0 Å². The molecule has 0 aliphatic carbocycles. The second-order valence-electron chi connectivity index (χ2n) is 3.52. The van der Waals surface area contributed by atoms with Gasteiger partial charge in [0, 0.05) is 6.61 Å². The summed E-state index contributed by atoms with van der Waals surface area (Å²) in [5.41, 5.74) is 0. The van der Waals surface area contributed by atoms with Gasteiger partial charge in [-0.05, 0) is 13.3 Å². The maximum Gasteiger partial charge on any atom is 0.0742 e. The van der Waals surface area contributed by atoms with Gasteiger partial charge in [-0.1, -0.05) is 39.0 Å². The number of aliphatic hydroxyl groups is 3. The van der Waals surface area contributed by atoms with Crippen LogP contribution >= 0.6 is 0 Å². The molecule has 0 aromatic carbocycles. The van der Waals surface area contributed by atoms with E-state index in [1.54, 1.807) is 0 Å². The fourth-order valence-corrected chi connectivity index (χ4v) is 0.892. The summed E-state index contributed by atoms with van der Waals surface area (Å²) in [6.45, 7) is 3.97. The van der Waals surface area contributed by atoms with Crippen molar-refractivity contribution in [3.63, 3.8) is 0 Å². The van der Waals surface area contributed by atoms with Crippen molar-refractivity contribution in [2.45, 2.75) is 58.5 Å². The molecule has 0 rings (SSSR count).